The summed E-state index contributed by atoms with van der Waals surface area (Å²) in [6.07, 6.45) is -1.43. The number of hydrogen-bond donors (Lipinski definition) is 3. The minimum atomic E-state index is -1.43. The molecule has 1 heterocycles. The second kappa shape index (κ2) is 5.80. The van der Waals surface area contributed by atoms with Gasteiger partial charge in [0.2, 0.25) is 5.56 Å². The fourth-order valence-electron chi connectivity index (χ4n) is 1.08. The molecule has 0 aliphatic rings. The molecule has 0 spiro atoms. The lowest BCUT2D eigenvalue weighted by molar-refractivity contribution is -0.149. The molecule has 17 heavy (non-hydrogen) atoms. The van der Waals surface area contributed by atoms with Crippen molar-refractivity contribution in [1.82, 2.24) is 10.3 Å². The highest BCUT2D eigenvalue weighted by atomic mass is 16.5. The van der Waals surface area contributed by atoms with Gasteiger partial charge in [0.05, 0.1) is 13.7 Å². The van der Waals surface area contributed by atoms with Crippen molar-refractivity contribution in [3.63, 3.8) is 0 Å². The zero-order valence-corrected chi connectivity index (χ0v) is 9.10. The Morgan fingerprint density at radius 2 is 2.24 bits per heavy atom. The molecule has 7 nitrogen and oxygen atoms in total. The molecule has 92 valence electrons. The minimum absolute atomic E-state index is 0.0505. The lowest BCUT2D eigenvalue weighted by atomic mass is 10.3. The third kappa shape index (κ3) is 3.72. The molecular formula is C10H12N2O5. The van der Waals surface area contributed by atoms with E-state index in [-0.39, 0.29) is 12.2 Å². The quantitative estimate of drug-likeness (QED) is 0.563. The second-order valence-electron chi connectivity index (χ2n) is 3.18. The average molecular weight is 240 g/mol. The summed E-state index contributed by atoms with van der Waals surface area (Å²) in [6.45, 7) is -0.289. The third-order valence-corrected chi connectivity index (χ3v) is 1.94. The van der Waals surface area contributed by atoms with Crippen molar-refractivity contribution in [3.8, 4) is 0 Å². The summed E-state index contributed by atoms with van der Waals surface area (Å²) in [4.78, 5) is 35.5. The molecule has 1 unspecified atom stereocenters. The van der Waals surface area contributed by atoms with Gasteiger partial charge in [-0.1, -0.05) is 6.07 Å². The molecule has 1 aromatic heterocycles. The van der Waals surface area contributed by atoms with E-state index in [2.05, 4.69) is 15.0 Å². The van der Waals surface area contributed by atoms with Crippen molar-refractivity contribution in [2.24, 2.45) is 0 Å². The van der Waals surface area contributed by atoms with Crippen molar-refractivity contribution in [1.29, 1.82) is 0 Å². The van der Waals surface area contributed by atoms with Gasteiger partial charge >= 0.3 is 5.97 Å². The number of aromatic nitrogens is 1. The van der Waals surface area contributed by atoms with Crippen molar-refractivity contribution < 1.29 is 19.4 Å². The van der Waals surface area contributed by atoms with Crippen molar-refractivity contribution in [3.05, 3.63) is 34.2 Å². The highest BCUT2D eigenvalue weighted by Crippen LogP contribution is 1.91. The van der Waals surface area contributed by atoms with E-state index in [1.54, 1.807) is 0 Å². The standard InChI is InChI=1S/C10H12N2O5/c1-17-10(16)7(13)5-11-9(15)6-3-2-4-8(14)12-6/h2-4,7,13H,5H2,1H3,(H,11,15)(H,12,14). The predicted octanol–water partition coefficient (Wildman–Crippen LogP) is -1.36. The predicted molar refractivity (Wildman–Crippen MR) is 57.4 cm³/mol. The number of rotatable bonds is 4. The highest BCUT2D eigenvalue weighted by molar-refractivity contribution is 5.92. The number of pyridine rings is 1. The molecule has 0 fully saturated rings. The Balaban J connectivity index is 2.56. The molecule has 0 saturated carbocycles. The second-order valence-corrected chi connectivity index (χ2v) is 3.18. The first-order valence-corrected chi connectivity index (χ1v) is 4.78. The topological polar surface area (TPSA) is 108 Å². The van der Waals surface area contributed by atoms with Crippen LogP contribution in [0.15, 0.2) is 23.0 Å². The summed E-state index contributed by atoms with van der Waals surface area (Å²) >= 11 is 0. The van der Waals surface area contributed by atoms with Crippen LogP contribution in [-0.2, 0) is 9.53 Å². The highest BCUT2D eigenvalue weighted by Gasteiger charge is 2.16. The molecule has 1 amide bonds. The SMILES string of the molecule is COC(=O)C(O)CNC(=O)c1cccc(=O)[nH]1. The maximum Gasteiger partial charge on any atom is 0.336 e. The summed E-state index contributed by atoms with van der Waals surface area (Å²) < 4.78 is 4.27. The first-order valence-electron chi connectivity index (χ1n) is 4.78. The summed E-state index contributed by atoms with van der Waals surface area (Å²) in [6, 6.07) is 4.09. The van der Waals surface area contributed by atoms with Crippen LogP contribution in [0.25, 0.3) is 0 Å². The number of aliphatic hydroxyl groups excluding tert-OH is 1. The zero-order valence-electron chi connectivity index (χ0n) is 9.10. The van der Waals surface area contributed by atoms with Gasteiger partial charge in [-0.3, -0.25) is 9.59 Å². The fraction of sp³-hybridized carbons (Fsp3) is 0.300. The van der Waals surface area contributed by atoms with Gasteiger partial charge in [0.25, 0.3) is 5.91 Å². The Morgan fingerprint density at radius 3 is 2.82 bits per heavy atom. The van der Waals surface area contributed by atoms with Crippen LogP contribution in [0.3, 0.4) is 0 Å². The first-order chi connectivity index (χ1) is 8.04. The summed E-state index contributed by atoms with van der Waals surface area (Å²) in [5, 5.41) is 11.5. The van der Waals surface area contributed by atoms with E-state index in [4.69, 9.17) is 0 Å². The Morgan fingerprint density at radius 1 is 1.53 bits per heavy atom. The van der Waals surface area contributed by atoms with Gasteiger partial charge in [-0.15, -0.1) is 0 Å². The third-order valence-electron chi connectivity index (χ3n) is 1.94. The van der Waals surface area contributed by atoms with Gasteiger partial charge in [0.15, 0.2) is 6.10 Å². The Bertz CT molecular complexity index is 468. The normalized spacial score (nSPS) is 11.6. The summed E-state index contributed by atoms with van der Waals surface area (Å²) in [5.41, 5.74) is -0.360. The molecule has 0 aliphatic heterocycles. The van der Waals surface area contributed by atoms with Gasteiger partial charge in [0, 0.05) is 6.07 Å². The lowest BCUT2D eigenvalue weighted by Crippen LogP contribution is -2.37. The van der Waals surface area contributed by atoms with Crippen molar-refractivity contribution >= 4 is 11.9 Å². The number of carbonyl (C=O) groups excluding carboxylic acids is 2. The maximum atomic E-state index is 11.5. The number of aliphatic hydroxyl groups is 1. The molecule has 0 saturated heterocycles. The molecule has 7 heteroatoms. The van der Waals surface area contributed by atoms with E-state index in [0.717, 1.165) is 7.11 Å². The van der Waals surface area contributed by atoms with E-state index in [0.29, 0.717) is 0 Å². The monoisotopic (exact) mass is 240 g/mol. The van der Waals surface area contributed by atoms with Crippen LogP contribution in [0.1, 0.15) is 10.5 Å². The summed E-state index contributed by atoms with van der Waals surface area (Å²) in [5.74, 6) is -1.43. The van der Waals surface area contributed by atoms with Crippen LogP contribution in [0.4, 0.5) is 0 Å². The summed E-state index contributed by atoms with van der Waals surface area (Å²) in [7, 11) is 1.13. The molecule has 0 bridgehead atoms. The Kier molecular flexibility index (Phi) is 4.41. The Hall–Kier alpha value is -2.15. The number of aromatic amines is 1. The van der Waals surface area contributed by atoms with Crippen LogP contribution in [0, 0.1) is 0 Å². The molecular weight excluding hydrogens is 228 g/mol. The number of esters is 1. The molecule has 1 rings (SSSR count). The van der Waals surface area contributed by atoms with Crippen LogP contribution >= 0.6 is 0 Å². The van der Waals surface area contributed by atoms with Crippen LogP contribution in [-0.4, -0.2) is 41.7 Å². The van der Waals surface area contributed by atoms with Crippen LogP contribution in [0.5, 0.6) is 0 Å². The first kappa shape index (κ1) is 12.9. The average Bonchev–Trinajstić information content (AvgIpc) is 2.34. The lowest BCUT2D eigenvalue weighted by Gasteiger charge is -2.09. The zero-order chi connectivity index (χ0) is 12.8. The van der Waals surface area contributed by atoms with Crippen LogP contribution < -0.4 is 10.9 Å². The van der Waals surface area contributed by atoms with Gasteiger partial charge < -0.3 is 20.1 Å². The number of carbonyl (C=O) groups is 2. The van der Waals surface area contributed by atoms with E-state index in [1.165, 1.54) is 18.2 Å². The number of hydrogen-bond acceptors (Lipinski definition) is 5. The van der Waals surface area contributed by atoms with Crippen molar-refractivity contribution in [2.45, 2.75) is 6.10 Å². The maximum absolute atomic E-state index is 11.5. The molecule has 1 aromatic rings. The molecule has 0 radical (unpaired) electrons. The molecule has 0 aromatic carbocycles. The van der Waals surface area contributed by atoms with Gasteiger partial charge in [-0.25, -0.2) is 4.79 Å². The number of methoxy groups -OCH3 is 1. The Labute approximate surface area is 96.4 Å². The van der Waals surface area contributed by atoms with Gasteiger partial charge in [0.1, 0.15) is 5.69 Å². The van der Waals surface area contributed by atoms with Crippen LogP contribution in [0.2, 0.25) is 0 Å². The largest absolute Gasteiger partial charge is 0.467 e. The van der Waals surface area contributed by atoms with E-state index >= 15 is 0 Å². The number of ether oxygens (including phenoxy) is 1. The van der Waals surface area contributed by atoms with Gasteiger partial charge in [-0.2, -0.15) is 0 Å². The van der Waals surface area contributed by atoms with E-state index < -0.39 is 23.5 Å². The molecule has 3 N–H and O–H groups in total. The number of nitrogens with one attached hydrogen (secondary N) is 2. The van der Waals surface area contributed by atoms with E-state index in [1.807, 2.05) is 0 Å². The van der Waals surface area contributed by atoms with E-state index in [9.17, 15) is 19.5 Å². The van der Waals surface area contributed by atoms with Crippen molar-refractivity contribution in [2.75, 3.05) is 13.7 Å². The number of H-pyrrole nitrogens is 1. The van der Waals surface area contributed by atoms with Gasteiger partial charge in [-0.05, 0) is 6.07 Å². The fourth-order valence-corrected chi connectivity index (χ4v) is 1.08. The molecule has 0 aliphatic carbocycles. The number of amides is 1. The minimum Gasteiger partial charge on any atom is -0.467 e. The molecule has 1 atom stereocenters. The smallest absolute Gasteiger partial charge is 0.336 e.